The topological polar surface area (TPSA) is 15.3 Å². The van der Waals surface area contributed by atoms with Gasteiger partial charge in [0.05, 0.1) is 9.34 Å². The highest BCUT2D eigenvalue weighted by Crippen LogP contribution is 2.33. The minimum absolute atomic E-state index is 0.248. The average molecular weight is 259 g/mol. The smallest absolute Gasteiger partial charge is 0.0950 e. The van der Waals surface area contributed by atoms with Crippen molar-refractivity contribution in [2.45, 2.75) is 38.3 Å². The number of halogens is 1. The fourth-order valence-electron chi connectivity index (χ4n) is 2.35. The summed E-state index contributed by atoms with van der Waals surface area (Å²) in [4.78, 5) is 2.37. The summed E-state index contributed by atoms with van der Waals surface area (Å²) in [5, 5.41) is 4.82. The van der Waals surface area contributed by atoms with Crippen LogP contribution < -0.4 is 10.2 Å². The molecule has 0 saturated carbocycles. The molecule has 1 aromatic heterocycles. The Morgan fingerprint density at radius 3 is 2.81 bits per heavy atom. The van der Waals surface area contributed by atoms with Gasteiger partial charge in [-0.15, -0.1) is 11.3 Å². The number of rotatable bonds is 2. The van der Waals surface area contributed by atoms with Gasteiger partial charge in [-0.05, 0) is 45.4 Å². The van der Waals surface area contributed by atoms with Crippen molar-refractivity contribution in [3.05, 3.63) is 16.5 Å². The van der Waals surface area contributed by atoms with E-state index in [1.807, 2.05) is 6.07 Å². The van der Waals surface area contributed by atoms with Crippen molar-refractivity contribution in [1.82, 2.24) is 5.32 Å². The second-order valence-corrected chi connectivity index (χ2v) is 6.84. The zero-order chi connectivity index (χ0) is 11.8. The number of anilines is 1. The van der Waals surface area contributed by atoms with Crippen LogP contribution in [-0.4, -0.2) is 25.2 Å². The molecule has 1 aliphatic heterocycles. The number of thiophene rings is 1. The van der Waals surface area contributed by atoms with Crippen LogP contribution in [0.4, 0.5) is 5.00 Å². The Kier molecular flexibility index (Phi) is 3.48. The highest BCUT2D eigenvalue weighted by atomic mass is 35.5. The van der Waals surface area contributed by atoms with Crippen LogP contribution in [0.3, 0.4) is 0 Å². The summed E-state index contributed by atoms with van der Waals surface area (Å²) in [6.07, 6.45) is 2.38. The molecule has 4 heteroatoms. The summed E-state index contributed by atoms with van der Waals surface area (Å²) in [5.74, 6) is 0. The van der Waals surface area contributed by atoms with Crippen molar-refractivity contribution in [3.8, 4) is 0 Å². The van der Waals surface area contributed by atoms with Gasteiger partial charge in [-0.1, -0.05) is 11.6 Å². The maximum atomic E-state index is 5.98. The first kappa shape index (κ1) is 12.2. The number of nitrogens with zero attached hydrogens (tertiary/aromatic N) is 1. The van der Waals surface area contributed by atoms with Crippen molar-refractivity contribution in [2.24, 2.45) is 0 Å². The van der Waals surface area contributed by atoms with Crippen LogP contribution in [0.5, 0.6) is 0 Å². The lowest BCUT2D eigenvalue weighted by Crippen LogP contribution is -2.52. The van der Waals surface area contributed by atoms with Gasteiger partial charge in [0.15, 0.2) is 0 Å². The van der Waals surface area contributed by atoms with Gasteiger partial charge in [0.1, 0.15) is 0 Å². The molecular weight excluding hydrogens is 240 g/mol. The summed E-state index contributed by atoms with van der Waals surface area (Å²) in [7, 11) is 2.17. The molecule has 0 radical (unpaired) electrons. The maximum absolute atomic E-state index is 5.98. The molecule has 0 aliphatic carbocycles. The summed E-state index contributed by atoms with van der Waals surface area (Å²) >= 11 is 7.64. The van der Waals surface area contributed by atoms with E-state index in [0.29, 0.717) is 6.04 Å². The van der Waals surface area contributed by atoms with Gasteiger partial charge < -0.3 is 10.2 Å². The van der Waals surface area contributed by atoms with Gasteiger partial charge in [0.2, 0.25) is 0 Å². The first-order valence-electron chi connectivity index (χ1n) is 5.71. The lowest BCUT2D eigenvalue weighted by Gasteiger charge is -2.41. The monoisotopic (exact) mass is 258 g/mol. The Hall–Kier alpha value is -0.250. The van der Waals surface area contributed by atoms with E-state index in [9.17, 15) is 0 Å². The third-order valence-electron chi connectivity index (χ3n) is 3.28. The summed E-state index contributed by atoms with van der Waals surface area (Å²) in [6, 6.07) is 4.71. The van der Waals surface area contributed by atoms with E-state index in [-0.39, 0.29) is 5.54 Å². The highest BCUT2D eigenvalue weighted by molar-refractivity contribution is 7.19. The average Bonchev–Trinajstić information content (AvgIpc) is 2.62. The van der Waals surface area contributed by atoms with Crippen LogP contribution in [0, 0.1) is 0 Å². The van der Waals surface area contributed by atoms with Crippen molar-refractivity contribution in [3.63, 3.8) is 0 Å². The molecule has 1 N–H and O–H groups in total. The van der Waals surface area contributed by atoms with E-state index in [0.717, 1.165) is 10.9 Å². The van der Waals surface area contributed by atoms with Crippen LogP contribution in [0.2, 0.25) is 4.34 Å². The molecule has 1 fully saturated rings. The number of hydrogen-bond donors (Lipinski definition) is 1. The molecule has 1 aliphatic rings. The zero-order valence-electron chi connectivity index (χ0n) is 10.1. The number of hydrogen-bond acceptors (Lipinski definition) is 3. The van der Waals surface area contributed by atoms with Crippen LogP contribution in [0.25, 0.3) is 0 Å². The third kappa shape index (κ3) is 2.70. The first-order chi connectivity index (χ1) is 7.48. The normalized spacial score (nSPS) is 24.4. The first-order valence-corrected chi connectivity index (χ1v) is 6.90. The Bertz CT molecular complexity index is 362. The minimum atomic E-state index is 0.248. The number of nitrogens with one attached hydrogen (secondary N) is 1. The minimum Gasteiger partial charge on any atom is -0.363 e. The van der Waals surface area contributed by atoms with Crippen LogP contribution >= 0.6 is 22.9 Å². The van der Waals surface area contributed by atoms with E-state index >= 15 is 0 Å². The van der Waals surface area contributed by atoms with Gasteiger partial charge in [0, 0.05) is 18.6 Å². The molecular formula is C12H19ClN2S. The molecule has 1 aromatic rings. The molecule has 16 heavy (non-hydrogen) atoms. The summed E-state index contributed by atoms with van der Waals surface area (Å²) < 4.78 is 0.870. The van der Waals surface area contributed by atoms with E-state index in [1.165, 1.54) is 17.8 Å². The van der Waals surface area contributed by atoms with Gasteiger partial charge in [-0.25, -0.2) is 0 Å². The molecule has 1 unspecified atom stereocenters. The largest absolute Gasteiger partial charge is 0.363 e. The molecule has 0 amide bonds. The maximum Gasteiger partial charge on any atom is 0.0950 e. The fraction of sp³-hybridized carbons (Fsp3) is 0.667. The second-order valence-electron chi connectivity index (χ2n) is 5.15. The second kappa shape index (κ2) is 4.55. The Morgan fingerprint density at radius 1 is 1.50 bits per heavy atom. The lowest BCUT2D eigenvalue weighted by atomic mass is 9.89. The van der Waals surface area contributed by atoms with Crippen molar-refractivity contribution in [1.29, 1.82) is 0 Å². The van der Waals surface area contributed by atoms with Crippen LogP contribution in [-0.2, 0) is 0 Å². The fourth-order valence-corrected chi connectivity index (χ4v) is 3.41. The quantitative estimate of drug-likeness (QED) is 0.875. The van der Waals surface area contributed by atoms with Crippen LogP contribution in [0.1, 0.15) is 26.7 Å². The molecule has 2 nitrogen and oxygen atoms in total. The number of piperidine rings is 1. The molecule has 1 saturated heterocycles. The van der Waals surface area contributed by atoms with Crippen molar-refractivity contribution in [2.75, 3.05) is 18.5 Å². The molecule has 0 spiro atoms. The molecule has 2 heterocycles. The van der Waals surface area contributed by atoms with Crippen molar-refractivity contribution >= 4 is 27.9 Å². The lowest BCUT2D eigenvalue weighted by molar-refractivity contribution is 0.272. The van der Waals surface area contributed by atoms with E-state index in [2.05, 4.69) is 37.2 Å². The van der Waals surface area contributed by atoms with Gasteiger partial charge in [-0.2, -0.15) is 0 Å². The highest BCUT2D eigenvalue weighted by Gasteiger charge is 2.30. The van der Waals surface area contributed by atoms with Gasteiger partial charge >= 0.3 is 0 Å². The van der Waals surface area contributed by atoms with Gasteiger partial charge in [-0.3, -0.25) is 0 Å². The predicted molar refractivity (Wildman–Crippen MR) is 72.8 cm³/mol. The molecule has 0 aromatic carbocycles. The third-order valence-corrected chi connectivity index (χ3v) is 4.60. The summed E-state index contributed by atoms with van der Waals surface area (Å²) in [6.45, 7) is 5.64. The predicted octanol–water partition coefficient (Wildman–Crippen LogP) is 3.37. The standard InChI is InChI=1S/C12H19ClN2S/c1-12(2)8-9(6-7-14-12)15(3)11-5-4-10(13)16-11/h4-5,9,14H,6-8H2,1-3H3. The van der Waals surface area contributed by atoms with Crippen molar-refractivity contribution < 1.29 is 0 Å². The van der Waals surface area contributed by atoms with Gasteiger partial charge in [0.25, 0.3) is 0 Å². The van der Waals surface area contributed by atoms with Crippen LogP contribution in [0.15, 0.2) is 12.1 Å². The SMILES string of the molecule is CN(c1ccc(Cl)s1)C1CCNC(C)(C)C1. The Morgan fingerprint density at radius 2 is 2.25 bits per heavy atom. The van der Waals surface area contributed by atoms with E-state index in [4.69, 9.17) is 11.6 Å². The Balaban J connectivity index is 2.07. The van der Waals surface area contributed by atoms with E-state index in [1.54, 1.807) is 11.3 Å². The molecule has 2 rings (SSSR count). The van der Waals surface area contributed by atoms with E-state index < -0.39 is 0 Å². The molecule has 0 bridgehead atoms. The zero-order valence-corrected chi connectivity index (χ0v) is 11.7. The molecule has 90 valence electrons. The summed E-state index contributed by atoms with van der Waals surface area (Å²) in [5.41, 5.74) is 0.248. The molecule has 1 atom stereocenters. The Labute approximate surface area is 107 Å².